The molecule has 0 fully saturated rings. The number of methoxy groups -OCH3 is 1. The molecule has 2 rings (SSSR count). The second kappa shape index (κ2) is 6.41. The lowest BCUT2D eigenvalue weighted by Crippen LogP contribution is -2.12. The standard InChI is InChI=1S/C14H15ClN2O2/c1-19-14-7-6-12(8-17-14)16-9-13(18)10-2-4-11(15)5-3-10/h2-8,13,16,18H,9H2,1H3. The second-order valence-corrected chi connectivity index (χ2v) is 4.47. The molecular formula is C14H15ClN2O2. The van der Waals surface area contributed by atoms with Crippen molar-refractivity contribution in [3.63, 3.8) is 0 Å². The lowest BCUT2D eigenvalue weighted by molar-refractivity contribution is 0.191. The number of nitrogens with one attached hydrogen (secondary N) is 1. The predicted octanol–water partition coefficient (Wildman–Crippen LogP) is 2.89. The van der Waals surface area contributed by atoms with Crippen LogP contribution in [-0.4, -0.2) is 23.7 Å². The van der Waals surface area contributed by atoms with Crippen LogP contribution in [-0.2, 0) is 0 Å². The van der Waals surface area contributed by atoms with Gasteiger partial charge in [-0.2, -0.15) is 0 Å². The maximum Gasteiger partial charge on any atom is 0.213 e. The Morgan fingerprint density at radius 1 is 1.26 bits per heavy atom. The summed E-state index contributed by atoms with van der Waals surface area (Å²) in [6.07, 6.45) is 1.06. The molecule has 1 heterocycles. The number of ether oxygens (including phenoxy) is 1. The summed E-state index contributed by atoms with van der Waals surface area (Å²) in [5.41, 5.74) is 1.65. The van der Waals surface area contributed by atoms with Gasteiger partial charge in [-0.1, -0.05) is 23.7 Å². The molecule has 19 heavy (non-hydrogen) atoms. The summed E-state index contributed by atoms with van der Waals surface area (Å²) >= 11 is 5.80. The third-order valence-electron chi connectivity index (χ3n) is 2.70. The molecule has 0 spiro atoms. The van der Waals surface area contributed by atoms with Crippen LogP contribution in [0.15, 0.2) is 42.6 Å². The molecule has 0 aliphatic carbocycles. The highest BCUT2D eigenvalue weighted by Gasteiger charge is 2.07. The van der Waals surface area contributed by atoms with Crippen molar-refractivity contribution < 1.29 is 9.84 Å². The van der Waals surface area contributed by atoms with E-state index in [9.17, 15) is 5.11 Å². The molecule has 2 aromatic rings. The molecule has 0 aliphatic rings. The normalized spacial score (nSPS) is 11.9. The number of hydrogen-bond acceptors (Lipinski definition) is 4. The van der Waals surface area contributed by atoms with Gasteiger partial charge in [0.2, 0.25) is 5.88 Å². The molecule has 2 N–H and O–H groups in total. The van der Waals surface area contributed by atoms with Crippen molar-refractivity contribution in [3.05, 3.63) is 53.2 Å². The molecule has 100 valence electrons. The number of benzene rings is 1. The monoisotopic (exact) mass is 278 g/mol. The Morgan fingerprint density at radius 3 is 2.58 bits per heavy atom. The van der Waals surface area contributed by atoms with Crippen molar-refractivity contribution in [2.24, 2.45) is 0 Å². The number of aliphatic hydroxyl groups excluding tert-OH is 1. The number of rotatable bonds is 5. The fourth-order valence-electron chi connectivity index (χ4n) is 1.62. The zero-order chi connectivity index (χ0) is 13.7. The van der Waals surface area contributed by atoms with E-state index < -0.39 is 6.10 Å². The zero-order valence-corrected chi connectivity index (χ0v) is 11.3. The third kappa shape index (κ3) is 3.84. The van der Waals surface area contributed by atoms with Gasteiger partial charge in [-0.15, -0.1) is 0 Å². The third-order valence-corrected chi connectivity index (χ3v) is 2.95. The Labute approximate surface area is 117 Å². The Bertz CT molecular complexity index is 514. The number of aliphatic hydroxyl groups is 1. The number of aromatic nitrogens is 1. The van der Waals surface area contributed by atoms with E-state index in [2.05, 4.69) is 10.3 Å². The van der Waals surface area contributed by atoms with Gasteiger partial charge in [0.25, 0.3) is 0 Å². The van der Waals surface area contributed by atoms with E-state index in [0.717, 1.165) is 11.3 Å². The lowest BCUT2D eigenvalue weighted by atomic mass is 10.1. The van der Waals surface area contributed by atoms with Gasteiger partial charge in [0.15, 0.2) is 0 Å². The molecule has 1 aromatic carbocycles. The molecule has 0 amide bonds. The summed E-state index contributed by atoms with van der Waals surface area (Å²) < 4.78 is 4.97. The van der Waals surface area contributed by atoms with Crippen LogP contribution < -0.4 is 10.1 Å². The van der Waals surface area contributed by atoms with Crippen molar-refractivity contribution in [3.8, 4) is 5.88 Å². The average molecular weight is 279 g/mol. The second-order valence-electron chi connectivity index (χ2n) is 4.04. The maximum absolute atomic E-state index is 10.0. The number of hydrogen-bond donors (Lipinski definition) is 2. The molecule has 0 radical (unpaired) electrons. The summed E-state index contributed by atoms with van der Waals surface area (Å²) in [5.74, 6) is 0.559. The Kier molecular flexibility index (Phi) is 4.60. The van der Waals surface area contributed by atoms with Crippen molar-refractivity contribution >= 4 is 17.3 Å². The van der Waals surface area contributed by atoms with E-state index in [4.69, 9.17) is 16.3 Å². The van der Waals surface area contributed by atoms with Crippen molar-refractivity contribution in [1.82, 2.24) is 4.98 Å². The van der Waals surface area contributed by atoms with Crippen LogP contribution in [0, 0.1) is 0 Å². The lowest BCUT2D eigenvalue weighted by Gasteiger charge is -2.13. The molecular weight excluding hydrogens is 264 g/mol. The minimum atomic E-state index is -0.598. The predicted molar refractivity (Wildman–Crippen MR) is 75.7 cm³/mol. The first kappa shape index (κ1) is 13.6. The SMILES string of the molecule is COc1ccc(NCC(O)c2ccc(Cl)cc2)cn1. The molecule has 0 bridgehead atoms. The number of anilines is 1. The van der Waals surface area contributed by atoms with Crippen molar-refractivity contribution in [1.29, 1.82) is 0 Å². The highest BCUT2D eigenvalue weighted by Crippen LogP contribution is 2.17. The molecule has 1 aromatic heterocycles. The number of nitrogens with zero attached hydrogens (tertiary/aromatic N) is 1. The van der Waals surface area contributed by atoms with Gasteiger partial charge in [0.05, 0.1) is 25.1 Å². The summed E-state index contributed by atoms with van der Waals surface area (Å²) in [6, 6.07) is 10.7. The smallest absolute Gasteiger partial charge is 0.213 e. The van der Waals surface area contributed by atoms with Gasteiger partial charge in [-0.3, -0.25) is 0 Å². The van der Waals surface area contributed by atoms with E-state index in [-0.39, 0.29) is 0 Å². The van der Waals surface area contributed by atoms with E-state index in [1.165, 1.54) is 0 Å². The average Bonchev–Trinajstić information content (AvgIpc) is 2.46. The molecule has 1 atom stereocenters. The van der Waals surface area contributed by atoms with Crippen LogP contribution in [0.4, 0.5) is 5.69 Å². The topological polar surface area (TPSA) is 54.4 Å². The van der Waals surface area contributed by atoms with E-state index in [0.29, 0.717) is 17.4 Å². The van der Waals surface area contributed by atoms with Crippen LogP contribution >= 0.6 is 11.6 Å². The van der Waals surface area contributed by atoms with Gasteiger partial charge in [-0.05, 0) is 23.8 Å². The van der Waals surface area contributed by atoms with Gasteiger partial charge in [0.1, 0.15) is 0 Å². The van der Waals surface area contributed by atoms with Crippen LogP contribution in [0.1, 0.15) is 11.7 Å². The van der Waals surface area contributed by atoms with Crippen LogP contribution in [0.25, 0.3) is 0 Å². The van der Waals surface area contributed by atoms with Gasteiger partial charge >= 0.3 is 0 Å². The maximum atomic E-state index is 10.0. The van der Waals surface area contributed by atoms with Crippen LogP contribution in [0.3, 0.4) is 0 Å². The van der Waals surface area contributed by atoms with Crippen LogP contribution in [0.5, 0.6) is 5.88 Å². The minimum absolute atomic E-state index is 0.398. The van der Waals surface area contributed by atoms with E-state index in [1.807, 2.05) is 6.07 Å². The number of pyridine rings is 1. The zero-order valence-electron chi connectivity index (χ0n) is 10.5. The van der Waals surface area contributed by atoms with Gasteiger partial charge in [-0.25, -0.2) is 4.98 Å². The first-order valence-electron chi connectivity index (χ1n) is 5.86. The molecule has 0 saturated heterocycles. The fourth-order valence-corrected chi connectivity index (χ4v) is 1.75. The summed E-state index contributed by atoms with van der Waals surface area (Å²) in [4.78, 5) is 4.08. The Hall–Kier alpha value is -1.78. The quantitative estimate of drug-likeness (QED) is 0.883. The van der Waals surface area contributed by atoms with Crippen molar-refractivity contribution in [2.45, 2.75) is 6.10 Å². The molecule has 0 aliphatic heterocycles. The first-order valence-corrected chi connectivity index (χ1v) is 6.24. The van der Waals surface area contributed by atoms with E-state index >= 15 is 0 Å². The number of halogens is 1. The molecule has 4 nitrogen and oxygen atoms in total. The molecule has 0 saturated carbocycles. The summed E-state index contributed by atoms with van der Waals surface area (Å²) in [5, 5.41) is 13.8. The highest BCUT2D eigenvalue weighted by atomic mass is 35.5. The molecule has 5 heteroatoms. The molecule has 1 unspecified atom stereocenters. The summed E-state index contributed by atoms with van der Waals surface area (Å²) in [6.45, 7) is 0.398. The fraction of sp³-hybridized carbons (Fsp3) is 0.214. The van der Waals surface area contributed by atoms with E-state index in [1.54, 1.807) is 43.6 Å². The first-order chi connectivity index (χ1) is 9.19. The summed E-state index contributed by atoms with van der Waals surface area (Å²) in [7, 11) is 1.57. The van der Waals surface area contributed by atoms with Gasteiger partial charge < -0.3 is 15.2 Å². The minimum Gasteiger partial charge on any atom is -0.481 e. The Morgan fingerprint density at radius 2 is 2.00 bits per heavy atom. The highest BCUT2D eigenvalue weighted by molar-refractivity contribution is 6.30. The van der Waals surface area contributed by atoms with Gasteiger partial charge in [0, 0.05) is 17.6 Å². The van der Waals surface area contributed by atoms with Crippen molar-refractivity contribution in [2.75, 3.05) is 19.0 Å². The van der Waals surface area contributed by atoms with Crippen LogP contribution in [0.2, 0.25) is 5.02 Å². The largest absolute Gasteiger partial charge is 0.481 e. The Balaban J connectivity index is 1.92.